The molecule has 4 nitrogen and oxygen atoms in total. The Morgan fingerprint density at radius 1 is 1.00 bits per heavy atom. The molecule has 1 fully saturated rings. The van der Waals surface area contributed by atoms with E-state index < -0.39 is 0 Å². The van der Waals surface area contributed by atoms with Crippen molar-refractivity contribution in [1.29, 1.82) is 0 Å². The molecule has 4 heteroatoms. The fraction of sp³-hybridized carbons (Fsp3) is 1.00. The molecule has 0 amide bonds. The molecule has 1 heterocycles. The third-order valence-electron chi connectivity index (χ3n) is 3.71. The Balaban J connectivity index is 1.97. The van der Waals surface area contributed by atoms with Gasteiger partial charge < -0.3 is 15.1 Å². The Kier molecular flexibility index (Phi) is 8.62. The lowest BCUT2D eigenvalue weighted by molar-refractivity contribution is 0.124. The van der Waals surface area contributed by atoms with Crippen molar-refractivity contribution in [2.75, 3.05) is 73.0 Å². The van der Waals surface area contributed by atoms with Crippen LogP contribution >= 0.6 is 0 Å². The van der Waals surface area contributed by atoms with Crippen molar-refractivity contribution in [3.63, 3.8) is 0 Å². The van der Waals surface area contributed by atoms with Gasteiger partial charge in [0.05, 0.1) is 0 Å². The van der Waals surface area contributed by atoms with Gasteiger partial charge in [0.25, 0.3) is 0 Å². The van der Waals surface area contributed by atoms with E-state index in [4.69, 9.17) is 0 Å². The molecular formula is C15H34N4. The average molecular weight is 270 g/mol. The minimum Gasteiger partial charge on any atom is -0.316 e. The summed E-state index contributed by atoms with van der Waals surface area (Å²) in [7, 11) is 4.31. The molecule has 0 aromatic heterocycles. The van der Waals surface area contributed by atoms with Crippen molar-refractivity contribution in [2.24, 2.45) is 5.92 Å². The molecule has 0 aromatic rings. The van der Waals surface area contributed by atoms with Crippen LogP contribution in [0.15, 0.2) is 0 Å². The maximum Gasteiger partial charge on any atom is 0.0110 e. The second-order valence-electron chi connectivity index (χ2n) is 6.44. The van der Waals surface area contributed by atoms with E-state index in [0.29, 0.717) is 0 Å². The van der Waals surface area contributed by atoms with Gasteiger partial charge in [-0.3, -0.25) is 4.90 Å². The first kappa shape index (κ1) is 16.9. The summed E-state index contributed by atoms with van der Waals surface area (Å²) in [6.45, 7) is 15.5. The Morgan fingerprint density at radius 2 is 1.58 bits per heavy atom. The maximum absolute atomic E-state index is 3.52. The highest BCUT2D eigenvalue weighted by atomic mass is 15.3. The highest BCUT2D eigenvalue weighted by Crippen LogP contribution is 2.02. The van der Waals surface area contributed by atoms with Gasteiger partial charge in [0.1, 0.15) is 0 Å². The number of hydrogen-bond acceptors (Lipinski definition) is 4. The molecule has 0 unspecified atom stereocenters. The fourth-order valence-electron chi connectivity index (χ4n) is 2.40. The van der Waals surface area contributed by atoms with E-state index in [1.807, 2.05) is 0 Å². The largest absolute Gasteiger partial charge is 0.316 e. The van der Waals surface area contributed by atoms with E-state index in [0.717, 1.165) is 12.5 Å². The maximum atomic E-state index is 3.52. The first-order valence-electron chi connectivity index (χ1n) is 7.88. The van der Waals surface area contributed by atoms with Crippen molar-refractivity contribution in [3.8, 4) is 0 Å². The van der Waals surface area contributed by atoms with Gasteiger partial charge in [-0.25, -0.2) is 0 Å². The van der Waals surface area contributed by atoms with Crippen LogP contribution < -0.4 is 5.32 Å². The number of rotatable bonds is 9. The summed E-state index contributed by atoms with van der Waals surface area (Å²) in [5.41, 5.74) is 0. The van der Waals surface area contributed by atoms with Gasteiger partial charge in [0.2, 0.25) is 0 Å². The minimum absolute atomic E-state index is 0.764. The molecule has 1 saturated heterocycles. The summed E-state index contributed by atoms with van der Waals surface area (Å²) in [6.07, 6.45) is 1.28. The standard InChI is InChI=1S/C15H34N4/c1-15(2)14-16-6-5-7-18-10-12-19(13-11-18)9-8-17(3)4/h15-16H,5-14H2,1-4H3. The summed E-state index contributed by atoms with van der Waals surface area (Å²) in [5, 5.41) is 3.52. The van der Waals surface area contributed by atoms with E-state index in [1.54, 1.807) is 0 Å². The Hall–Kier alpha value is -0.160. The first-order chi connectivity index (χ1) is 9.08. The third kappa shape index (κ3) is 8.58. The van der Waals surface area contributed by atoms with Gasteiger partial charge in [-0.05, 0) is 46.1 Å². The van der Waals surface area contributed by atoms with Gasteiger partial charge in [-0.15, -0.1) is 0 Å². The minimum atomic E-state index is 0.764. The van der Waals surface area contributed by atoms with E-state index in [2.05, 4.69) is 48.0 Å². The van der Waals surface area contributed by atoms with Crippen molar-refractivity contribution in [3.05, 3.63) is 0 Å². The highest BCUT2D eigenvalue weighted by Gasteiger charge is 2.15. The van der Waals surface area contributed by atoms with Gasteiger partial charge in [-0.1, -0.05) is 13.8 Å². The van der Waals surface area contributed by atoms with Gasteiger partial charge in [-0.2, -0.15) is 0 Å². The molecule has 1 aliphatic heterocycles. The molecule has 19 heavy (non-hydrogen) atoms. The molecule has 0 aromatic carbocycles. The second kappa shape index (κ2) is 9.70. The van der Waals surface area contributed by atoms with Crippen LogP contribution in [-0.4, -0.2) is 87.7 Å². The summed E-state index contributed by atoms with van der Waals surface area (Å²) in [6, 6.07) is 0. The van der Waals surface area contributed by atoms with Crippen LogP contribution in [0.3, 0.4) is 0 Å². The van der Waals surface area contributed by atoms with Crippen LogP contribution in [0.25, 0.3) is 0 Å². The number of likely N-dealkylation sites (N-methyl/N-ethyl adjacent to an activating group) is 1. The van der Waals surface area contributed by atoms with E-state index >= 15 is 0 Å². The first-order valence-corrected chi connectivity index (χ1v) is 7.88. The van der Waals surface area contributed by atoms with Gasteiger partial charge in [0.15, 0.2) is 0 Å². The summed E-state index contributed by atoms with van der Waals surface area (Å²) < 4.78 is 0. The van der Waals surface area contributed by atoms with Crippen LogP contribution in [0.1, 0.15) is 20.3 Å². The Labute approximate surface area is 120 Å². The zero-order chi connectivity index (χ0) is 14.1. The normalized spacial score (nSPS) is 18.6. The van der Waals surface area contributed by atoms with Gasteiger partial charge in [0, 0.05) is 39.3 Å². The van der Waals surface area contributed by atoms with Crippen molar-refractivity contribution in [2.45, 2.75) is 20.3 Å². The smallest absolute Gasteiger partial charge is 0.0110 e. The fourth-order valence-corrected chi connectivity index (χ4v) is 2.40. The number of nitrogens with one attached hydrogen (secondary N) is 1. The summed E-state index contributed by atoms with van der Waals surface area (Å²) in [5.74, 6) is 0.764. The van der Waals surface area contributed by atoms with Crippen LogP contribution in [0.4, 0.5) is 0 Å². The molecule has 0 radical (unpaired) electrons. The lowest BCUT2D eigenvalue weighted by Gasteiger charge is -2.35. The van der Waals surface area contributed by atoms with E-state index in [-0.39, 0.29) is 0 Å². The van der Waals surface area contributed by atoms with Crippen LogP contribution in [-0.2, 0) is 0 Å². The average Bonchev–Trinajstić information content (AvgIpc) is 2.37. The summed E-state index contributed by atoms with van der Waals surface area (Å²) in [4.78, 5) is 7.48. The molecular weight excluding hydrogens is 236 g/mol. The molecule has 0 spiro atoms. The predicted octanol–water partition coefficient (Wildman–Crippen LogP) is 0.801. The van der Waals surface area contributed by atoms with Gasteiger partial charge >= 0.3 is 0 Å². The molecule has 1 N–H and O–H groups in total. The van der Waals surface area contributed by atoms with Crippen LogP contribution in [0.2, 0.25) is 0 Å². The zero-order valence-corrected chi connectivity index (χ0v) is 13.5. The lowest BCUT2D eigenvalue weighted by Crippen LogP contribution is -2.48. The Bertz CT molecular complexity index is 207. The molecule has 114 valence electrons. The zero-order valence-electron chi connectivity index (χ0n) is 13.5. The van der Waals surface area contributed by atoms with Crippen molar-refractivity contribution in [1.82, 2.24) is 20.0 Å². The number of nitrogens with zero attached hydrogens (tertiary/aromatic N) is 3. The van der Waals surface area contributed by atoms with E-state index in [1.165, 1.54) is 58.8 Å². The quantitative estimate of drug-likeness (QED) is 0.626. The van der Waals surface area contributed by atoms with Crippen molar-refractivity contribution >= 4 is 0 Å². The lowest BCUT2D eigenvalue weighted by atomic mass is 10.2. The third-order valence-corrected chi connectivity index (χ3v) is 3.71. The van der Waals surface area contributed by atoms with Crippen LogP contribution in [0, 0.1) is 5.92 Å². The monoisotopic (exact) mass is 270 g/mol. The number of piperazine rings is 1. The number of hydrogen-bond donors (Lipinski definition) is 1. The van der Waals surface area contributed by atoms with E-state index in [9.17, 15) is 0 Å². The summed E-state index contributed by atoms with van der Waals surface area (Å²) >= 11 is 0. The topological polar surface area (TPSA) is 21.8 Å². The molecule has 0 bridgehead atoms. The molecule has 0 aliphatic carbocycles. The highest BCUT2D eigenvalue weighted by molar-refractivity contribution is 4.72. The van der Waals surface area contributed by atoms with Crippen molar-refractivity contribution < 1.29 is 0 Å². The molecule has 1 aliphatic rings. The Morgan fingerprint density at radius 3 is 2.11 bits per heavy atom. The predicted molar refractivity (Wildman–Crippen MR) is 83.8 cm³/mol. The molecule has 0 atom stereocenters. The van der Waals surface area contributed by atoms with Crippen LogP contribution in [0.5, 0.6) is 0 Å². The second-order valence-corrected chi connectivity index (χ2v) is 6.44. The SMILES string of the molecule is CC(C)CNCCCN1CCN(CCN(C)C)CC1. The molecule has 1 rings (SSSR count). The molecule has 0 saturated carbocycles.